The summed E-state index contributed by atoms with van der Waals surface area (Å²) in [4.78, 5) is 16.0. The van der Waals surface area contributed by atoms with Crippen molar-refractivity contribution in [3.8, 4) is 27.6 Å². The van der Waals surface area contributed by atoms with Gasteiger partial charge in [0, 0.05) is 16.5 Å². The van der Waals surface area contributed by atoms with Crippen molar-refractivity contribution in [3.63, 3.8) is 0 Å². The summed E-state index contributed by atoms with van der Waals surface area (Å²) in [7, 11) is 0. The molecule has 1 amide bonds. The van der Waals surface area contributed by atoms with Crippen molar-refractivity contribution in [2.75, 3.05) is 11.9 Å². The van der Waals surface area contributed by atoms with Crippen LogP contribution in [0.1, 0.15) is 0 Å². The Balaban J connectivity index is 1.71. The van der Waals surface area contributed by atoms with E-state index in [0.29, 0.717) is 11.4 Å². The molecule has 104 valence electrons. The maximum Gasteiger partial charge on any atom is 0.262 e. The number of aromatic nitrogens is 1. The Morgan fingerprint density at radius 3 is 3.05 bits per heavy atom. The lowest BCUT2D eigenvalue weighted by atomic mass is 10.1. The second-order valence-corrected chi connectivity index (χ2v) is 5.46. The average Bonchev–Trinajstić information content (AvgIpc) is 3.17. The second-order valence-electron chi connectivity index (χ2n) is 4.60. The number of furan rings is 1. The molecule has 0 atom stereocenters. The summed E-state index contributed by atoms with van der Waals surface area (Å²) < 4.78 is 10.4. The molecule has 3 aromatic rings. The highest BCUT2D eigenvalue weighted by Gasteiger charge is 2.17. The van der Waals surface area contributed by atoms with Crippen LogP contribution in [0.15, 0.2) is 46.6 Å². The number of carbonyl (C=O) groups excluding carboxylic acids is 1. The molecule has 5 nitrogen and oxygen atoms in total. The topological polar surface area (TPSA) is 64.4 Å². The van der Waals surface area contributed by atoms with Crippen molar-refractivity contribution >= 4 is 22.9 Å². The van der Waals surface area contributed by atoms with Gasteiger partial charge in [0.05, 0.1) is 17.6 Å². The molecular weight excluding hydrogens is 288 g/mol. The molecular formula is C15H10N2O3S. The van der Waals surface area contributed by atoms with Gasteiger partial charge in [-0.05, 0) is 24.3 Å². The van der Waals surface area contributed by atoms with Crippen molar-refractivity contribution in [1.29, 1.82) is 0 Å². The van der Waals surface area contributed by atoms with Gasteiger partial charge in [-0.3, -0.25) is 4.79 Å². The fourth-order valence-corrected chi connectivity index (χ4v) is 2.98. The minimum Gasteiger partial charge on any atom is -0.482 e. The lowest BCUT2D eigenvalue weighted by Crippen LogP contribution is -2.25. The summed E-state index contributed by atoms with van der Waals surface area (Å²) in [6.07, 6.45) is 3.30. The van der Waals surface area contributed by atoms with Crippen molar-refractivity contribution in [2.45, 2.75) is 0 Å². The van der Waals surface area contributed by atoms with E-state index in [4.69, 9.17) is 9.15 Å². The third kappa shape index (κ3) is 2.19. The summed E-state index contributed by atoms with van der Waals surface area (Å²) in [5.41, 5.74) is 3.44. The predicted octanol–water partition coefficient (Wildman–Crippen LogP) is 3.40. The summed E-state index contributed by atoms with van der Waals surface area (Å²) in [6.45, 7) is 0.0632. The van der Waals surface area contributed by atoms with Crippen LogP contribution in [0, 0.1) is 0 Å². The van der Waals surface area contributed by atoms with Gasteiger partial charge in [0.2, 0.25) is 0 Å². The molecule has 2 aromatic heterocycles. The third-order valence-electron chi connectivity index (χ3n) is 3.18. The van der Waals surface area contributed by atoms with E-state index in [2.05, 4.69) is 10.3 Å². The molecule has 0 fully saturated rings. The monoisotopic (exact) mass is 298 g/mol. The third-order valence-corrected chi connectivity index (χ3v) is 4.07. The Kier molecular flexibility index (Phi) is 2.75. The van der Waals surface area contributed by atoms with Crippen LogP contribution < -0.4 is 10.1 Å². The Morgan fingerprint density at radius 1 is 1.24 bits per heavy atom. The first-order valence-electron chi connectivity index (χ1n) is 6.35. The van der Waals surface area contributed by atoms with E-state index >= 15 is 0 Å². The van der Waals surface area contributed by atoms with Crippen molar-refractivity contribution in [3.05, 3.63) is 42.2 Å². The number of benzene rings is 1. The van der Waals surface area contributed by atoms with Crippen LogP contribution in [0.3, 0.4) is 0 Å². The maximum atomic E-state index is 11.4. The molecule has 0 saturated heterocycles. The van der Waals surface area contributed by atoms with Gasteiger partial charge in [-0.2, -0.15) is 0 Å². The Morgan fingerprint density at radius 2 is 2.19 bits per heavy atom. The molecule has 0 spiro atoms. The first-order valence-corrected chi connectivity index (χ1v) is 7.23. The quantitative estimate of drug-likeness (QED) is 0.787. The molecule has 0 radical (unpaired) electrons. The summed E-state index contributed by atoms with van der Waals surface area (Å²) >= 11 is 1.55. The zero-order chi connectivity index (χ0) is 14.2. The lowest BCUT2D eigenvalue weighted by Gasteiger charge is -2.18. The summed E-state index contributed by atoms with van der Waals surface area (Å²) in [5.74, 6) is 0.542. The molecule has 21 heavy (non-hydrogen) atoms. The van der Waals surface area contributed by atoms with Gasteiger partial charge in [-0.25, -0.2) is 4.98 Å². The Hall–Kier alpha value is -2.60. The Bertz CT molecular complexity index is 808. The van der Waals surface area contributed by atoms with Crippen LogP contribution in [0.5, 0.6) is 5.75 Å². The number of rotatable bonds is 2. The summed E-state index contributed by atoms with van der Waals surface area (Å²) in [5, 5.41) is 5.68. The molecule has 0 aliphatic carbocycles. The number of nitrogens with zero attached hydrogens (tertiary/aromatic N) is 1. The number of fused-ring (bicyclic) bond motifs is 1. The van der Waals surface area contributed by atoms with Gasteiger partial charge in [0.15, 0.2) is 6.61 Å². The van der Waals surface area contributed by atoms with Crippen molar-refractivity contribution in [1.82, 2.24) is 4.98 Å². The van der Waals surface area contributed by atoms with Crippen LogP contribution in [0.4, 0.5) is 5.69 Å². The van der Waals surface area contributed by atoms with Crippen LogP contribution in [-0.4, -0.2) is 17.5 Å². The molecule has 6 heteroatoms. The molecule has 4 rings (SSSR count). The average molecular weight is 298 g/mol. The molecule has 0 bridgehead atoms. The summed E-state index contributed by atoms with van der Waals surface area (Å²) in [6, 6.07) is 7.54. The fraction of sp³-hybridized carbons (Fsp3) is 0.0667. The van der Waals surface area contributed by atoms with Crippen LogP contribution in [0.2, 0.25) is 0 Å². The van der Waals surface area contributed by atoms with Gasteiger partial charge in [0.1, 0.15) is 17.0 Å². The maximum absolute atomic E-state index is 11.4. The number of hydrogen-bond acceptors (Lipinski definition) is 5. The predicted molar refractivity (Wildman–Crippen MR) is 79.4 cm³/mol. The standard InChI is InChI=1S/C15H10N2O3S/c18-14-7-20-13-2-1-9(5-11(13)16-14)12-8-21-15(17-12)10-3-4-19-6-10/h1-6,8H,7H2,(H,16,18). The van der Waals surface area contributed by atoms with E-state index in [1.165, 1.54) is 0 Å². The van der Waals surface area contributed by atoms with Crippen molar-refractivity contribution in [2.24, 2.45) is 0 Å². The smallest absolute Gasteiger partial charge is 0.262 e. The number of carbonyl (C=O) groups is 1. The Labute approximate surface area is 124 Å². The van der Waals surface area contributed by atoms with Crippen LogP contribution >= 0.6 is 11.3 Å². The SMILES string of the molecule is O=C1COc2ccc(-c3csc(-c4ccoc4)n3)cc2N1. The highest BCUT2D eigenvalue weighted by atomic mass is 32.1. The first kappa shape index (κ1) is 12.2. The number of ether oxygens (including phenoxy) is 1. The lowest BCUT2D eigenvalue weighted by molar-refractivity contribution is -0.118. The van der Waals surface area contributed by atoms with Gasteiger partial charge in [-0.15, -0.1) is 11.3 Å². The molecule has 1 aliphatic heterocycles. The van der Waals surface area contributed by atoms with Gasteiger partial charge in [0.25, 0.3) is 5.91 Å². The molecule has 1 aliphatic rings. The minimum absolute atomic E-state index is 0.0632. The number of amides is 1. The molecule has 3 heterocycles. The van der Waals surface area contributed by atoms with Gasteiger partial charge >= 0.3 is 0 Å². The normalized spacial score (nSPS) is 13.4. The number of anilines is 1. The van der Waals surface area contributed by atoms with Gasteiger partial charge < -0.3 is 14.5 Å². The zero-order valence-corrected chi connectivity index (χ0v) is 11.6. The van der Waals surface area contributed by atoms with E-state index in [0.717, 1.165) is 21.8 Å². The van der Waals surface area contributed by atoms with E-state index in [-0.39, 0.29) is 12.5 Å². The first-order chi connectivity index (χ1) is 10.3. The second kappa shape index (κ2) is 4.75. The molecule has 1 N–H and O–H groups in total. The van der Waals surface area contributed by atoms with E-state index < -0.39 is 0 Å². The largest absolute Gasteiger partial charge is 0.482 e. The van der Waals surface area contributed by atoms with Gasteiger partial charge in [-0.1, -0.05) is 0 Å². The number of nitrogens with one attached hydrogen (secondary N) is 1. The molecule has 0 saturated carbocycles. The molecule has 1 aromatic carbocycles. The van der Waals surface area contributed by atoms with Crippen molar-refractivity contribution < 1.29 is 13.9 Å². The number of hydrogen-bond donors (Lipinski definition) is 1. The van der Waals surface area contributed by atoms with E-state index in [1.807, 2.05) is 29.6 Å². The minimum atomic E-state index is -0.142. The fourth-order valence-electron chi connectivity index (χ4n) is 2.17. The van der Waals surface area contributed by atoms with E-state index in [9.17, 15) is 4.79 Å². The van der Waals surface area contributed by atoms with E-state index in [1.54, 1.807) is 23.9 Å². The van der Waals surface area contributed by atoms with Crippen LogP contribution in [0.25, 0.3) is 21.8 Å². The highest BCUT2D eigenvalue weighted by Crippen LogP contribution is 2.34. The number of thiazole rings is 1. The zero-order valence-electron chi connectivity index (χ0n) is 10.8. The van der Waals surface area contributed by atoms with Crippen LogP contribution in [-0.2, 0) is 4.79 Å². The highest BCUT2D eigenvalue weighted by molar-refractivity contribution is 7.13. The molecule has 0 unspecified atom stereocenters.